The summed E-state index contributed by atoms with van der Waals surface area (Å²) < 4.78 is 43.7. The Morgan fingerprint density at radius 1 is 1.06 bits per heavy atom. The summed E-state index contributed by atoms with van der Waals surface area (Å²) in [5.41, 5.74) is -0.536. The first-order valence-corrected chi connectivity index (χ1v) is 9.99. The van der Waals surface area contributed by atoms with Crippen LogP contribution in [-0.2, 0) is 10.9 Å². The number of nitrogens with one attached hydrogen (secondary N) is 2. The van der Waals surface area contributed by atoms with Gasteiger partial charge in [-0.05, 0) is 25.1 Å². The molecule has 3 aromatic rings. The number of carbonyl (C=O) groups is 1. The molecule has 0 unspecified atom stereocenters. The van der Waals surface area contributed by atoms with E-state index in [1.807, 2.05) is 0 Å². The van der Waals surface area contributed by atoms with Gasteiger partial charge in [0.25, 0.3) is 5.69 Å². The molecule has 34 heavy (non-hydrogen) atoms. The number of hydrogen-bond acceptors (Lipinski definition) is 9. The summed E-state index contributed by atoms with van der Waals surface area (Å²) in [6, 6.07) is 7.03. The summed E-state index contributed by atoms with van der Waals surface area (Å²) in [5.74, 6) is -0.132. The van der Waals surface area contributed by atoms with Crippen LogP contribution in [0, 0.1) is 10.1 Å². The van der Waals surface area contributed by atoms with Gasteiger partial charge in [0, 0.05) is 30.9 Å². The molecule has 0 atom stereocenters. The topological polar surface area (TPSA) is 132 Å². The second-order valence-electron chi connectivity index (χ2n) is 6.76. The molecule has 0 aliphatic carbocycles. The van der Waals surface area contributed by atoms with Crippen molar-refractivity contribution in [1.29, 1.82) is 0 Å². The minimum absolute atomic E-state index is 0.0142. The molecule has 0 fully saturated rings. The van der Waals surface area contributed by atoms with Gasteiger partial charge in [0.1, 0.15) is 17.6 Å². The zero-order valence-electron chi connectivity index (χ0n) is 17.8. The summed E-state index contributed by atoms with van der Waals surface area (Å²) in [6.07, 6.45) is -2.12. The highest BCUT2D eigenvalue weighted by atomic mass is 19.4. The van der Waals surface area contributed by atoms with Gasteiger partial charge >= 0.3 is 12.1 Å². The van der Waals surface area contributed by atoms with Crippen LogP contribution in [0.2, 0.25) is 0 Å². The van der Waals surface area contributed by atoms with Gasteiger partial charge in [0.2, 0.25) is 5.95 Å². The molecule has 2 N–H and O–H groups in total. The number of nitrogens with zero attached hydrogens (tertiary/aromatic N) is 4. The molecule has 0 radical (unpaired) electrons. The average Bonchev–Trinajstić information content (AvgIpc) is 2.81. The predicted molar refractivity (Wildman–Crippen MR) is 116 cm³/mol. The monoisotopic (exact) mass is 476 g/mol. The fourth-order valence-corrected chi connectivity index (χ4v) is 2.83. The molecular formula is C21H19F3N6O4. The zero-order chi connectivity index (χ0) is 24.7. The third-order valence-electron chi connectivity index (χ3n) is 4.44. The van der Waals surface area contributed by atoms with Crippen LogP contribution in [0.25, 0.3) is 11.3 Å². The fraction of sp³-hybridized carbons (Fsp3) is 0.238. The molecule has 2 heterocycles. The van der Waals surface area contributed by atoms with Gasteiger partial charge < -0.3 is 15.4 Å². The number of carbonyl (C=O) groups excluding carboxylic acids is 1. The maximum atomic E-state index is 12.9. The first-order chi connectivity index (χ1) is 16.2. The molecule has 0 spiro atoms. The molecule has 0 bridgehead atoms. The van der Waals surface area contributed by atoms with E-state index in [-0.39, 0.29) is 35.1 Å². The third kappa shape index (κ3) is 6.15. The van der Waals surface area contributed by atoms with Crippen molar-refractivity contribution in [2.45, 2.75) is 13.1 Å². The lowest BCUT2D eigenvalue weighted by Gasteiger charge is -2.12. The fourth-order valence-electron chi connectivity index (χ4n) is 2.83. The Morgan fingerprint density at radius 2 is 1.76 bits per heavy atom. The van der Waals surface area contributed by atoms with Gasteiger partial charge in [-0.2, -0.15) is 13.2 Å². The molecule has 0 amide bonds. The van der Waals surface area contributed by atoms with Crippen LogP contribution in [0.3, 0.4) is 0 Å². The van der Waals surface area contributed by atoms with Crippen molar-refractivity contribution < 1.29 is 27.6 Å². The largest absolute Gasteiger partial charge is 0.462 e. The maximum absolute atomic E-state index is 12.9. The molecule has 0 aliphatic rings. The molecule has 2 aromatic heterocycles. The van der Waals surface area contributed by atoms with Crippen LogP contribution >= 0.6 is 0 Å². The van der Waals surface area contributed by atoms with Gasteiger partial charge in [-0.1, -0.05) is 12.1 Å². The lowest BCUT2D eigenvalue weighted by atomic mass is 10.0. The highest BCUT2D eigenvalue weighted by molar-refractivity contribution is 5.96. The van der Waals surface area contributed by atoms with E-state index in [0.717, 1.165) is 18.3 Å². The minimum Gasteiger partial charge on any atom is -0.462 e. The molecular weight excluding hydrogens is 457 g/mol. The zero-order valence-corrected chi connectivity index (χ0v) is 17.8. The summed E-state index contributed by atoms with van der Waals surface area (Å²) >= 11 is 0. The van der Waals surface area contributed by atoms with Gasteiger partial charge in [-0.3, -0.25) is 10.1 Å². The number of ether oxygens (including phenoxy) is 1. The van der Waals surface area contributed by atoms with Crippen LogP contribution in [0.4, 0.5) is 30.6 Å². The number of nitro groups is 1. The number of esters is 1. The minimum atomic E-state index is -4.49. The van der Waals surface area contributed by atoms with E-state index in [4.69, 9.17) is 4.74 Å². The summed E-state index contributed by atoms with van der Waals surface area (Å²) in [4.78, 5) is 34.7. The molecule has 0 saturated heterocycles. The van der Waals surface area contributed by atoms with Crippen molar-refractivity contribution in [2.75, 3.05) is 30.3 Å². The Hall–Kier alpha value is -4.29. The van der Waals surface area contributed by atoms with Crippen molar-refractivity contribution in [3.8, 4) is 11.3 Å². The smallest absolute Gasteiger partial charge is 0.416 e. The quantitative estimate of drug-likeness (QED) is 0.202. The van der Waals surface area contributed by atoms with Crippen molar-refractivity contribution >= 4 is 23.4 Å². The Balaban J connectivity index is 1.73. The number of halogens is 3. The molecule has 0 aliphatic heterocycles. The van der Waals surface area contributed by atoms with Crippen LogP contribution in [0.1, 0.15) is 22.8 Å². The number of pyridine rings is 1. The molecule has 178 valence electrons. The Labute approximate surface area is 191 Å². The summed E-state index contributed by atoms with van der Waals surface area (Å²) in [6.45, 7) is 2.39. The Kier molecular flexibility index (Phi) is 7.56. The number of hydrogen-bond donors (Lipinski definition) is 2. The van der Waals surface area contributed by atoms with Crippen molar-refractivity contribution in [1.82, 2.24) is 15.0 Å². The lowest BCUT2D eigenvalue weighted by Crippen LogP contribution is -2.17. The van der Waals surface area contributed by atoms with E-state index in [2.05, 4.69) is 25.6 Å². The second-order valence-corrected chi connectivity index (χ2v) is 6.76. The van der Waals surface area contributed by atoms with E-state index in [9.17, 15) is 28.1 Å². The van der Waals surface area contributed by atoms with Gasteiger partial charge in [-0.25, -0.2) is 19.7 Å². The average molecular weight is 476 g/mol. The number of alkyl halides is 3. The van der Waals surface area contributed by atoms with E-state index < -0.39 is 22.6 Å². The van der Waals surface area contributed by atoms with E-state index in [1.165, 1.54) is 30.5 Å². The van der Waals surface area contributed by atoms with Crippen molar-refractivity contribution in [3.05, 3.63) is 70.0 Å². The van der Waals surface area contributed by atoms with E-state index in [0.29, 0.717) is 18.9 Å². The molecule has 1 aromatic carbocycles. The van der Waals surface area contributed by atoms with Crippen LogP contribution in [-0.4, -0.2) is 45.5 Å². The van der Waals surface area contributed by atoms with Gasteiger partial charge in [-0.15, -0.1) is 0 Å². The molecule has 13 heteroatoms. The molecule has 0 saturated carbocycles. The Bertz CT molecular complexity index is 1150. The third-order valence-corrected chi connectivity index (χ3v) is 4.44. The molecule has 3 rings (SSSR count). The first-order valence-electron chi connectivity index (χ1n) is 9.99. The predicted octanol–water partition coefficient (Wildman–Crippen LogP) is 4.17. The van der Waals surface area contributed by atoms with E-state index >= 15 is 0 Å². The summed E-state index contributed by atoms with van der Waals surface area (Å²) in [5, 5.41) is 16.6. The van der Waals surface area contributed by atoms with Gasteiger partial charge in [0.15, 0.2) is 0 Å². The van der Waals surface area contributed by atoms with E-state index in [1.54, 1.807) is 6.92 Å². The number of rotatable bonds is 9. The first kappa shape index (κ1) is 24.4. The maximum Gasteiger partial charge on any atom is 0.416 e. The number of benzene rings is 1. The SMILES string of the molecule is CCOC(=O)c1cnc(NCCNc2ccc([N+](=O)[O-])cn2)nc1-c1ccc(C(F)(F)F)cc1. The lowest BCUT2D eigenvalue weighted by molar-refractivity contribution is -0.385. The highest BCUT2D eigenvalue weighted by Crippen LogP contribution is 2.31. The van der Waals surface area contributed by atoms with Crippen LogP contribution in [0.5, 0.6) is 0 Å². The molecule has 10 nitrogen and oxygen atoms in total. The summed E-state index contributed by atoms with van der Waals surface area (Å²) in [7, 11) is 0. The normalized spacial score (nSPS) is 11.1. The number of aromatic nitrogens is 3. The van der Waals surface area contributed by atoms with Crippen molar-refractivity contribution in [3.63, 3.8) is 0 Å². The Morgan fingerprint density at radius 3 is 2.35 bits per heavy atom. The number of anilines is 2. The van der Waals surface area contributed by atoms with Crippen LogP contribution < -0.4 is 10.6 Å². The highest BCUT2D eigenvalue weighted by Gasteiger charge is 2.30. The van der Waals surface area contributed by atoms with Gasteiger partial charge in [0.05, 0.1) is 22.8 Å². The van der Waals surface area contributed by atoms with Crippen LogP contribution in [0.15, 0.2) is 48.8 Å². The second kappa shape index (κ2) is 10.6. The standard InChI is InChI=1S/C21H19F3N6O4/c1-2-34-19(31)16-12-28-20(26-10-9-25-17-8-7-15(11-27-17)30(32)33)29-18(16)13-3-5-14(6-4-13)21(22,23)24/h3-8,11-12H,2,9-10H2,1H3,(H,25,27)(H,26,28,29). The van der Waals surface area contributed by atoms with Crippen molar-refractivity contribution in [2.24, 2.45) is 0 Å².